The summed E-state index contributed by atoms with van der Waals surface area (Å²) < 4.78 is 14.9. The molecule has 2 amide bonds. The highest BCUT2D eigenvalue weighted by atomic mass is 32.2. The van der Waals surface area contributed by atoms with Gasteiger partial charge in [0.15, 0.2) is 0 Å². The van der Waals surface area contributed by atoms with E-state index in [4.69, 9.17) is 0 Å². The highest BCUT2D eigenvalue weighted by molar-refractivity contribution is 7.92. The van der Waals surface area contributed by atoms with E-state index in [1.54, 1.807) is 0 Å². The van der Waals surface area contributed by atoms with Gasteiger partial charge in [-0.25, -0.2) is 9.00 Å². The normalized spacial score (nSPS) is 12.8. The zero-order valence-corrected chi connectivity index (χ0v) is 11.9. The number of benzene rings is 1. The van der Waals surface area contributed by atoms with Crippen LogP contribution in [0.2, 0.25) is 0 Å². The molecule has 1 rings (SSSR count). The predicted molar refractivity (Wildman–Crippen MR) is 75.2 cm³/mol. The van der Waals surface area contributed by atoms with Crippen molar-refractivity contribution < 1.29 is 9.00 Å². The van der Waals surface area contributed by atoms with Gasteiger partial charge >= 0.3 is 6.03 Å². The fourth-order valence-electron chi connectivity index (χ4n) is 1.54. The Morgan fingerprint density at radius 1 is 1.33 bits per heavy atom. The molecular formula is C13H20N2O2S. The third-order valence-electron chi connectivity index (χ3n) is 2.38. The number of carbonyl (C=O) groups excluding carboxylic acids is 1. The van der Waals surface area contributed by atoms with Crippen LogP contribution in [0.3, 0.4) is 0 Å². The number of amides is 2. The fourth-order valence-corrected chi connectivity index (χ4v) is 1.99. The van der Waals surface area contributed by atoms with Gasteiger partial charge in [-0.05, 0) is 25.3 Å². The van der Waals surface area contributed by atoms with Gasteiger partial charge in [0.1, 0.15) is 0 Å². The van der Waals surface area contributed by atoms with E-state index in [0.717, 1.165) is 12.8 Å². The van der Waals surface area contributed by atoms with Crippen molar-refractivity contribution in [3.05, 3.63) is 35.9 Å². The van der Waals surface area contributed by atoms with Crippen LogP contribution in [0, 0.1) is 0 Å². The zero-order chi connectivity index (χ0) is 13.6. The molecule has 0 fully saturated rings. The van der Waals surface area contributed by atoms with E-state index in [1.807, 2.05) is 25.1 Å². The summed E-state index contributed by atoms with van der Waals surface area (Å²) in [6.07, 6.45) is 4.62. The second-order valence-corrected chi connectivity index (χ2v) is 7.19. The van der Waals surface area contributed by atoms with Crippen LogP contribution in [0.15, 0.2) is 34.7 Å². The SMILES string of the molecule is CC(CCc1ccccc1)NC(=O)N=S(C)(C)=O. The van der Waals surface area contributed by atoms with E-state index in [0.29, 0.717) is 0 Å². The Morgan fingerprint density at radius 2 is 1.94 bits per heavy atom. The summed E-state index contributed by atoms with van der Waals surface area (Å²) in [4.78, 5) is 11.4. The molecule has 1 atom stereocenters. The first kappa shape index (κ1) is 14.7. The van der Waals surface area contributed by atoms with Crippen molar-refractivity contribution in [1.82, 2.24) is 5.32 Å². The number of hydrogen-bond acceptors (Lipinski definition) is 2. The molecule has 0 radical (unpaired) electrons. The molecule has 4 nitrogen and oxygen atoms in total. The highest BCUT2D eigenvalue weighted by Gasteiger charge is 2.07. The number of aryl methyl sites for hydroxylation is 1. The summed E-state index contributed by atoms with van der Waals surface area (Å²) in [6.45, 7) is 1.92. The number of hydrogen-bond donors (Lipinski definition) is 1. The molecular weight excluding hydrogens is 248 g/mol. The van der Waals surface area contributed by atoms with Crippen LogP contribution in [-0.4, -0.2) is 28.8 Å². The van der Waals surface area contributed by atoms with Gasteiger partial charge in [-0.1, -0.05) is 30.3 Å². The Labute approximate surface area is 109 Å². The van der Waals surface area contributed by atoms with Crippen molar-refractivity contribution in [3.63, 3.8) is 0 Å². The molecule has 0 heterocycles. The average molecular weight is 268 g/mol. The molecule has 0 spiro atoms. The Balaban J connectivity index is 2.41. The van der Waals surface area contributed by atoms with E-state index in [1.165, 1.54) is 18.1 Å². The van der Waals surface area contributed by atoms with Crippen LogP contribution in [0.1, 0.15) is 18.9 Å². The molecule has 100 valence electrons. The van der Waals surface area contributed by atoms with Crippen molar-refractivity contribution >= 4 is 15.8 Å². The van der Waals surface area contributed by atoms with E-state index >= 15 is 0 Å². The molecule has 0 aliphatic carbocycles. The van der Waals surface area contributed by atoms with Crippen LogP contribution in [0.5, 0.6) is 0 Å². The lowest BCUT2D eigenvalue weighted by Crippen LogP contribution is -2.31. The van der Waals surface area contributed by atoms with Crippen molar-refractivity contribution in [2.45, 2.75) is 25.8 Å². The van der Waals surface area contributed by atoms with Gasteiger partial charge in [0.2, 0.25) is 0 Å². The standard InChI is InChI=1S/C13H20N2O2S/c1-11(14-13(16)15-18(2,3)17)9-10-12-7-5-4-6-8-12/h4-8,11H,9-10H2,1-3H3,(H,14,16). The zero-order valence-electron chi connectivity index (χ0n) is 11.1. The topological polar surface area (TPSA) is 58.5 Å². The third kappa shape index (κ3) is 6.39. The number of carbonyl (C=O) groups is 1. The number of nitrogens with one attached hydrogen (secondary N) is 1. The van der Waals surface area contributed by atoms with Gasteiger partial charge < -0.3 is 5.32 Å². The minimum Gasteiger partial charge on any atom is -0.333 e. The van der Waals surface area contributed by atoms with Crippen molar-refractivity contribution in [1.29, 1.82) is 0 Å². The molecule has 0 aromatic heterocycles. The van der Waals surface area contributed by atoms with Gasteiger partial charge in [-0.15, -0.1) is 4.36 Å². The summed E-state index contributed by atoms with van der Waals surface area (Å²) in [6, 6.07) is 9.61. The van der Waals surface area contributed by atoms with Crippen LogP contribution in [-0.2, 0) is 16.1 Å². The van der Waals surface area contributed by atoms with Crippen molar-refractivity contribution in [3.8, 4) is 0 Å². The largest absolute Gasteiger partial charge is 0.349 e. The first-order valence-electron chi connectivity index (χ1n) is 5.88. The number of urea groups is 1. The van der Waals surface area contributed by atoms with E-state index < -0.39 is 15.8 Å². The second-order valence-electron chi connectivity index (χ2n) is 4.65. The summed E-state index contributed by atoms with van der Waals surface area (Å²) in [5, 5.41) is 2.72. The Kier molecular flexibility index (Phi) is 5.34. The van der Waals surface area contributed by atoms with E-state index in [2.05, 4.69) is 21.8 Å². The minimum absolute atomic E-state index is 0.0169. The van der Waals surface area contributed by atoms with Crippen molar-refractivity contribution in [2.75, 3.05) is 12.5 Å². The molecule has 0 aliphatic rings. The maximum atomic E-state index is 11.4. The minimum atomic E-state index is -2.37. The van der Waals surface area contributed by atoms with E-state index in [-0.39, 0.29) is 6.04 Å². The highest BCUT2D eigenvalue weighted by Crippen LogP contribution is 2.04. The molecule has 0 bridgehead atoms. The Bertz CT molecular complexity index is 497. The van der Waals surface area contributed by atoms with Crippen LogP contribution >= 0.6 is 0 Å². The molecule has 0 saturated heterocycles. The van der Waals surface area contributed by atoms with Gasteiger partial charge in [-0.2, -0.15) is 0 Å². The van der Waals surface area contributed by atoms with Gasteiger partial charge in [0, 0.05) is 18.6 Å². The van der Waals surface area contributed by atoms with Gasteiger partial charge in [-0.3, -0.25) is 0 Å². The lowest BCUT2D eigenvalue weighted by molar-refractivity contribution is 0.246. The second kappa shape index (κ2) is 6.54. The lowest BCUT2D eigenvalue weighted by atomic mass is 10.1. The maximum Gasteiger partial charge on any atom is 0.349 e. The van der Waals surface area contributed by atoms with Gasteiger partial charge in [0.05, 0.1) is 9.73 Å². The summed E-state index contributed by atoms with van der Waals surface area (Å²) in [7, 11) is -2.37. The maximum absolute atomic E-state index is 11.4. The number of nitrogens with zero attached hydrogens (tertiary/aromatic N) is 1. The molecule has 5 heteroatoms. The van der Waals surface area contributed by atoms with Crippen LogP contribution in [0.4, 0.5) is 4.79 Å². The summed E-state index contributed by atoms with van der Waals surface area (Å²) in [5.41, 5.74) is 1.24. The summed E-state index contributed by atoms with van der Waals surface area (Å²) in [5.74, 6) is 0. The van der Waals surface area contributed by atoms with E-state index in [9.17, 15) is 9.00 Å². The molecule has 18 heavy (non-hydrogen) atoms. The van der Waals surface area contributed by atoms with Gasteiger partial charge in [0.25, 0.3) is 0 Å². The van der Waals surface area contributed by atoms with Crippen molar-refractivity contribution in [2.24, 2.45) is 4.36 Å². The summed E-state index contributed by atoms with van der Waals surface area (Å²) >= 11 is 0. The molecule has 0 saturated carbocycles. The third-order valence-corrected chi connectivity index (χ3v) is 2.99. The number of rotatable bonds is 4. The molecule has 1 unspecified atom stereocenters. The molecule has 1 aromatic rings. The lowest BCUT2D eigenvalue weighted by Gasteiger charge is -2.11. The quantitative estimate of drug-likeness (QED) is 0.911. The monoisotopic (exact) mass is 268 g/mol. The molecule has 1 N–H and O–H groups in total. The average Bonchev–Trinajstić information content (AvgIpc) is 2.25. The van der Waals surface area contributed by atoms with Crippen LogP contribution < -0.4 is 5.32 Å². The smallest absolute Gasteiger partial charge is 0.333 e. The molecule has 1 aromatic carbocycles. The van der Waals surface area contributed by atoms with Crippen LogP contribution in [0.25, 0.3) is 0 Å². The Hall–Kier alpha value is -1.36. The fraction of sp³-hybridized carbons (Fsp3) is 0.462. The Morgan fingerprint density at radius 3 is 2.50 bits per heavy atom. The first-order chi connectivity index (χ1) is 8.37. The predicted octanol–water partition coefficient (Wildman–Crippen LogP) is 2.44. The first-order valence-corrected chi connectivity index (χ1v) is 8.21. The molecule has 0 aliphatic heterocycles.